The van der Waals surface area contributed by atoms with Crippen LogP contribution in [0.1, 0.15) is 17.3 Å². The van der Waals surface area contributed by atoms with Gasteiger partial charge in [-0.05, 0) is 13.0 Å². The molecule has 0 aliphatic carbocycles. The minimum absolute atomic E-state index is 0.00673. The summed E-state index contributed by atoms with van der Waals surface area (Å²) < 4.78 is 17.9. The van der Waals surface area contributed by atoms with Crippen LogP contribution < -0.4 is 0 Å². The van der Waals surface area contributed by atoms with E-state index >= 15 is 0 Å². The number of pyridine rings is 1. The Morgan fingerprint density at radius 1 is 1.65 bits per heavy atom. The Labute approximate surface area is 104 Å². The molecule has 1 heterocycles. The fourth-order valence-electron chi connectivity index (χ4n) is 1.35. The average molecular weight is 261 g/mol. The molecule has 0 bridgehead atoms. The molecule has 1 rings (SSSR count). The maximum Gasteiger partial charge on any atom is 0.257 e. The number of nitrogens with zero attached hydrogens (tertiary/aromatic N) is 2. The lowest BCUT2D eigenvalue weighted by molar-refractivity contribution is 0.0705. The highest BCUT2D eigenvalue weighted by molar-refractivity contribution is 6.32. The van der Waals surface area contributed by atoms with Crippen LogP contribution in [0.5, 0.6) is 0 Å². The van der Waals surface area contributed by atoms with Crippen LogP contribution in [0.3, 0.4) is 0 Å². The number of aromatic nitrogens is 1. The number of methoxy groups -OCH3 is 1. The molecule has 0 atom stereocenters. The van der Waals surface area contributed by atoms with Crippen LogP contribution in [0, 0.1) is 5.82 Å². The zero-order chi connectivity index (χ0) is 12.8. The summed E-state index contributed by atoms with van der Waals surface area (Å²) in [5.41, 5.74) is 0.0737. The Kier molecular flexibility index (Phi) is 5.31. The van der Waals surface area contributed by atoms with Crippen LogP contribution in [0.25, 0.3) is 0 Å². The molecule has 0 spiro atoms. The summed E-state index contributed by atoms with van der Waals surface area (Å²) in [6, 6.07) is 1.09. The second kappa shape index (κ2) is 6.51. The van der Waals surface area contributed by atoms with Crippen LogP contribution in [0.15, 0.2) is 12.3 Å². The molecule has 1 aromatic rings. The van der Waals surface area contributed by atoms with E-state index in [1.165, 1.54) is 4.90 Å². The van der Waals surface area contributed by atoms with Gasteiger partial charge in [-0.1, -0.05) is 11.6 Å². The van der Waals surface area contributed by atoms with Gasteiger partial charge in [0.25, 0.3) is 5.91 Å². The highest BCUT2D eigenvalue weighted by Crippen LogP contribution is 2.16. The minimum Gasteiger partial charge on any atom is -0.383 e. The van der Waals surface area contributed by atoms with Crippen LogP contribution in [-0.2, 0) is 4.74 Å². The molecular weight excluding hydrogens is 247 g/mol. The summed E-state index contributed by atoms with van der Waals surface area (Å²) >= 11 is 5.77. The number of halogens is 2. The number of rotatable bonds is 5. The smallest absolute Gasteiger partial charge is 0.257 e. The summed E-state index contributed by atoms with van der Waals surface area (Å²) in [4.78, 5) is 17.2. The third-order valence-electron chi connectivity index (χ3n) is 2.27. The Hall–Kier alpha value is -1.20. The summed E-state index contributed by atoms with van der Waals surface area (Å²) in [5, 5.41) is 0.00673. The summed E-state index contributed by atoms with van der Waals surface area (Å²) in [6.45, 7) is 3.17. The molecule has 0 N–H and O–H groups in total. The normalized spacial score (nSPS) is 10.4. The SMILES string of the molecule is CCN(CCOC)C(=O)c1cc(F)cnc1Cl. The quantitative estimate of drug-likeness (QED) is 0.761. The molecule has 94 valence electrons. The highest BCUT2D eigenvalue weighted by Gasteiger charge is 2.18. The van der Waals surface area contributed by atoms with E-state index in [4.69, 9.17) is 16.3 Å². The Balaban J connectivity index is 2.89. The maximum absolute atomic E-state index is 13.0. The number of likely N-dealkylation sites (N-methyl/N-ethyl adjacent to an activating group) is 1. The van der Waals surface area contributed by atoms with E-state index in [0.29, 0.717) is 19.7 Å². The van der Waals surface area contributed by atoms with Crippen LogP contribution in [0.4, 0.5) is 4.39 Å². The minimum atomic E-state index is -0.583. The first-order chi connectivity index (χ1) is 8.10. The number of amides is 1. The van der Waals surface area contributed by atoms with Gasteiger partial charge in [0.15, 0.2) is 0 Å². The topological polar surface area (TPSA) is 42.4 Å². The molecular formula is C11H14ClFN2O2. The standard InChI is InChI=1S/C11H14ClFN2O2/c1-3-15(4-5-17-2)11(16)9-6-8(13)7-14-10(9)12/h6-7H,3-5H2,1-2H3. The van der Waals surface area contributed by atoms with Gasteiger partial charge < -0.3 is 9.64 Å². The molecule has 0 aromatic carbocycles. The van der Waals surface area contributed by atoms with E-state index < -0.39 is 5.82 Å². The molecule has 0 aliphatic rings. The van der Waals surface area contributed by atoms with Crippen molar-refractivity contribution >= 4 is 17.5 Å². The fraction of sp³-hybridized carbons (Fsp3) is 0.455. The van der Waals surface area contributed by atoms with Gasteiger partial charge in [0.05, 0.1) is 18.4 Å². The Morgan fingerprint density at radius 2 is 2.35 bits per heavy atom. The number of carbonyl (C=O) groups is 1. The van der Waals surface area contributed by atoms with Gasteiger partial charge in [0.1, 0.15) is 11.0 Å². The second-order valence-electron chi connectivity index (χ2n) is 3.37. The molecule has 0 saturated carbocycles. The van der Waals surface area contributed by atoms with Gasteiger partial charge >= 0.3 is 0 Å². The lowest BCUT2D eigenvalue weighted by atomic mass is 10.2. The summed E-state index contributed by atoms with van der Waals surface area (Å²) in [7, 11) is 1.55. The summed E-state index contributed by atoms with van der Waals surface area (Å²) in [5.74, 6) is -0.929. The van der Waals surface area contributed by atoms with Gasteiger partial charge in [0.2, 0.25) is 0 Å². The molecule has 17 heavy (non-hydrogen) atoms. The van der Waals surface area contributed by atoms with Gasteiger partial charge in [0, 0.05) is 20.2 Å². The lowest BCUT2D eigenvalue weighted by Gasteiger charge is -2.20. The monoisotopic (exact) mass is 260 g/mol. The third-order valence-corrected chi connectivity index (χ3v) is 2.57. The first-order valence-electron chi connectivity index (χ1n) is 5.19. The predicted octanol–water partition coefficient (Wildman–Crippen LogP) is 1.98. The molecule has 0 radical (unpaired) electrons. The average Bonchev–Trinajstić information content (AvgIpc) is 2.33. The van der Waals surface area contributed by atoms with Crippen molar-refractivity contribution in [2.45, 2.75) is 6.92 Å². The number of hydrogen-bond donors (Lipinski definition) is 0. The van der Waals surface area contributed by atoms with Crippen molar-refractivity contribution in [2.24, 2.45) is 0 Å². The van der Waals surface area contributed by atoms with Crippen molar-refractivity contribution in [2.75, 3.05) is 26.8 Å². The van der Waals surface area contributed by atoms with Crippen molar-refractivity contribution in [3.05, 3.63) is 28.8 Å². The molecule has 1 amide bonds. The van der Waals surface area contributed by atoms with E-state index in [-0.39, 0.29) is 16.6 Å². The molecule has 6 heteroatoms. The van der Waals surface area contributed by atoms with Gasteiger partial charge in [-0.3, -0.25) is 4.79 Å². The first kappa shape index (κ1) is 13.9. The highest BCUT2D eigenvalue weighted by atomic mass is 35.5. The van der Waals surface area contributed by atoms with Crippen molar-refractivity contribution in [1.29, 1.82) is 0 Å². The molecule has 4 nitrogen and oxygen atoms in total. The number of carbonyl (C=O) groups excluding carboxylic acids is 1. The van der Waals surface area contributed by atoms with Crippen molar-refractivity contribution < 1.29 is 13.9 Å². The molecule has 0 aliphatic heterocycles. The zero-order valence-electron chi connectivity index (χ0n) is 9.74. The molecule has 0 fully saturated rings. The lowest BCUT2D eigenvalue weighted by Crippen LogP contribution is -2.34. The second-order valence-corrected chi connectivity index (χ2v) is 3.73. The fourth-order valence-corrected chi connectivity index (χ4v) is 1.53. The van der Waals surface area contributed by atoms with E-state index in [0.717, 1.165) is 12.3 Å². The zero-order valence-corrected chi connectivity index (χ0v) is 10.5. The van der Waals surface area contributed by atoms with Crippen LogP contribution in [-0.4, -0.2) is 42.6 Å². The Morgan fingerprint density at radius 3 is 2.94 bits per heavy atom. The van der Waals surface area contributed by atoms with Crippen LogP contribution in [0.2, 0.25) is 5.15 Å². The van der Waals surface area contributed by atoms with Crippen molar-refractivity contribution in [3.63, 3.8) is 0 Å². The largest absolute Gasteiger partial charge is 0.383 e. The van der Waals surface area contributed by atoms with Gasteiger partial charge in [-0.2, -0.15) is 0 Å². The number of ether oxygens (including phenoxy) is 1. The van der Waals surface area contributed by atoms with E-state index in [1.54, 1.807) is 7.11 Å². The number of hydrogen-bond acceptors (Lipinski definition) is 3. The Bertz CT molecular complexity index is 401. The first-order valence-corrected chi connectivity index (χ1v) is 5.57. The third kappa shape index (κ3) is 3.64. The van der Waals surface area contributed by atoms with Crippen molar-refractivity contribution in [3.8, 4) is 0 Å². The van der Waals surface area contributed by atoms with Crippen molar-refractivity contribution in [1.82, 2.24) is 9.88 Å². The van der Waals surface area contributed by atoms with Gasteiger partial charge in [-0.25, -0.2) is 9.37 Å². The summed E-state index contributed by atoms with van der Waals surface area (Å²) in [6.07, 6.45) is 0.977. The van der Waals surface area contributed by atoms with E-state index in [9.17, 15) is 9.18 Å². The maximum atomic E-state index is 13.0. The van der Waals surface area contributed by atoms with Gasteiger partial charge in [-0.15, -0.1) is 0 Å². The predicted molar refractivity (Wildman–Crippen MR) is 62.7 cm³/mol. The molecule has 1 aromatic heterocycles. The van der Waals surface area contributed by atoms with E-state index in [2.05, 4.69) is 4.98 Å². The van der Waals surface area contributed by atoms with E-state index in [1.807, 2.05) is 6.92 Å². The molecule has 0 unspecified atom stereocenters. The molecule has 0 saturated heterocycles. The van der Waals surface area contributed by atoms with Crippen LogP contribution >= 0.6 is 11.6 Å².